The highest BCUT2D eigenvalue weighted by molar-refractivity contribution is 5.89. The molecule has 3 N–H and O–H groups in total. The van der Waals surface area contributed by atoms with Gasteiger partial charge in [-0.25, -0.2) is 4.79 Å². The van der Waals surface area contributed by atoms with Gasteiger partial charge in [0, 0.05) is 12.2 Å². The number of nitrogens with one attached hydrogen (secondary N) is 2. The van der Waals surface area contributed by atoms with Gasteiger partial charge >= 0.3 is 6.03 Å². The number of hydrogen-bond donors (Lipinski definition) is 3. The lowest BCUT2D eigenvalue weighted by Gasteiger charge is -2.14. The van der Waals surface area contributed by atoms with Gasteiger partial charge in [-0.1, -0.05) is 6.92 Å². The summed E-state index contributed by atoms with van der Waals surface area (Å²) in [5.74, 6) is 0.783. The van der Waals surface area contributed by atoms with Crippen molar-refractivity contribution in [2.24, 2.45) is 5.92 Å². The lowest BCUT2D eigenvalue weighted by atomic mass is 10.1. The summed E-state index contributed by atoms with van der Waals surface area (Å²) in [5.41, 5.74) is 0.639. The first-order chi connectivity index (χ1) is 10.0. The molecule has 0 aromatic heterocycles. The Morgan fingerprint density at radius 1 is 1.38 bits per heavy atom. The molecular formula is C15H21N3O3. The third-order valence-electron chi connectivity index (χ3n) is 2.77. The van der Waals surface area contributed by atoms with Gasteiger partial charge in [0.25, 0.3) is 0 Å². The molecular weight excluding hydrogens is 270 g/mol. The SMILES string of the molecule is CC(O)CC(C)CNC(=O)Nc1ccc(OCC#N)cc1. The smallest absolute Gasteiger partial charge is 0.319 e. The second-order valence-corrected chi connectivity index (χ2v) is 5.00. The summed E-state index contributed by atoms with van der Waals surface area (Å²) in [5, 5.41) is 23.1. The Hall–Kier alpha value is -2.26. The molecule has 1 aromatic rings. The molecule has 6 nitrogen and oxygen atoms in total. The minimum Gasteiger partial charge on any atom is -0.479 e. The summed E-state index contributed by atoms with van der Waals surface area (Å²) in [6, 6.07) is 8.36. The first-order valence-electron chi connectivity index (χ1n) is 6.84. The van der Waals surface area contributed by atoms with E-state index < -0.39 is 0 Å². The van der Waals surface area contributed by atoms with Crippen LogP contribution in [0, 0.1) is 17.2 Å². The predicted molar refractivity (Wildman–Crippen MR) is 80.0 cm³/mol. The summed E-state index contributed by atoms with van der Waals surface area (Å²) in [6.45, 7) is 4.19. The van der Waals surface area contributed by atoms with Crippen LogP contribution in [-0.2, 0) is 0 Å². The topological polar surface area (TPSA) is 94.4 Å². The minimum absolute atomic E-state index is 0.00553. The summed E-state index contributed by atoms with van der Waals surface area (Å²) in [4.78, 5) is 11.7. The van der Waals surface area contributed by atoms with E-state index in [1.807, 2.05) is 13.0 Å². The van der Waals surface area contributed by atoms with Crippen LogP contribution in [0.2, 0.25) is 0 Å². The summed E-state index contributed by atoms with van der Waals surface area (Å²) in [7, 11) is 0. The Bertz CT molecular complexity index is 480. The first kappa shape index (κ1) is 16.8. The minimum atomic E-state index is -0.370. The fourth-order valence-electron chi connectivity index (χ4n) is 1.86. The molecule has 0 bridgehead atoms. The number of benzene rings is 1. The van der Waals surface area contributed by atoms with Crippen molar-refractivity contribution in [2.75, 3.05) is 18.5 Å². The van der Waals surface area contributed by atoms with Crippen molar-refractivity contribution in [3.63, 3.8) is 0 Å². The normalized spacial score (nSPS) is 12.9. The quantitative estimate of drug-likeness (QED) is 0.717. The first-order valence-corrected chi connectivity index (χ1v) is 6.84. The molecule has 0 heterocycles. The number of anilines is 1. The lowest BCUT2D eigenvalue weighted by molar-refractivity contribution is 0.163. The number of aliphatic hydroxyl groups is 1. The van der Waals surface area contributed by atoms with Crippen LogP contribution in [0.15, 0.2) is 24.3 Å². The number of rotatable bonds is 7. The van der Waals surface area contributed by atoms with Gasteiger partial charge in [-0.3, -0.25) is 0 Å². The van der Waals surface area contributed by atoms with Crippen LogP contribution in [0.25, 0.3) is 0 Å². The van der Waals surface area contributed by atoms with Crippen molar-refractivity contribution in [2.45, 2.75) is 26.4 Å². The largest absolute Gasteiger partial charge is 0.479 e. The van der Waals surface area contributed by atoms with Crippen LogP contribution < -0.4 is 15.4 Å². The standard InChI is InChI=1S/C15H21N3O3/c1-11(9-12(2)19)10-17-15(20)18-13-3-5-14(6-4-13)21-8-7-16/h3-6,11-12,19H,8-10H2,1-2H3,(H2,17,18,20). The molecule has 0 radical (unpaired) electrons. The Kier molecular flexibility index (Phi) is 7.05. The number of urea groups is 1. The van der Waals surface area contributed by atoms with E-state index in [-0.39, 0.29) is 24.7 Å². The van der Waals surface area contributed by atoms with Gasteiger partial charge in [0.2, 0.25) is 0 Å². The highest BCUT2D eigenvalue weighted by Crippen LogP contribution is 2.15. The Morgan fingerprint density at radius 2 is 2.05 bits per heavy atom. The molecule has 21 heavy (non-hydrogen) atoms. The number of nitriles is 1. The van der Waals surface area contributed by atoms with Gasteiger partial charge in [0.1, 0.15) is 11.8 Å². The number of ether oxygens (including phenoxy) is 1. The van der Waals surface area contributed by atoms with Crippen molar-refractivity contribution in [3.05, 3.63) is 24.3 Å². The van der Waals surface area contributed by atoms with Crippen LogP contribution >= 0.6 is 0 Å². The molecule has 2 amide bonds. The van der Waals surface area contributed by atoms with Crippen LogP contribution in [-0.4, -0.2) is 30.4 Å². The molecule has 6 heteroatoms. The molecule has 1 aromatic carbocycles. The van der Waals surface area contributed by atoms with E-state index in [1.54, 1.807) is 31.2 Å². The van der Waals surface area contributed by atoms with Gasteiger partial charge in [-0.2, -0.15) is 5.26 Å². The van der Waals surface area contributed by atoms with Gasteiger partial charge in [0.15, 0.2) is 6.61 Å². The third kappa shape index (κ3) is 7.18. The summed E-state index contributed by atoms with van der Waals surface area (Å²) < 4.78 is 5.12. The Labute approximate surface area is 124 Å². The molecule has 0 aliphatic heterocycles. The van der Waals surface area contributed by atoms with Crippen LogP contribution in [0.3, 0.4) is 0 Å². The highest BCUT2D eigenvalue weighted by atomic mass is 16.5. The van der Waals surface area contributed by atoms with Gasteiger partial charge in [-0.05, 0) is 43.5 Å². The van der Waals surface area contributed by atoms with E-state index in [0.717, 1.165) is 0 Å². The second-order valence-electron chi connectivity index (χ2n) is 5.00. The molecule has 0 spiro atoms. The highest BCUT2D eigenvalue weighted by Gasteiger charge is 2.08. The monoisotopic (exact) mass is 291 g/mol. The van der Waals surface area contributed by atoms with E-state index >= 15 is 0 Å². The van der Waals surface area contributed by atoms with Crippen LogP contribution in [0.5, 0.6) is 5.75 Å². The molecule has 114 valence electrons. The van der Waals surface area contributed by atoms with E-state index in [4.69, 9.17) is 10.00 Å². The number of aliphatic hydroxyl groups excluding tert-OH is 1. The van der Waals surface area contributed by atoms with E-state index in [9.17, 15) is 9.90 Å². The number of amides is 2. The van der Waals surface area contributed by atoms with Crippen molar-refractivity contribution >= 4 is 11.7 Å². The second kappa shape index (κ2) is 8.82. The molecule has 0 saturated carbocycles. The maximum atomic E-state index is 11.7. The fourth-order valence-corrected chi connectivity index (χ4v) is 1.86. The molecule has 0 fully saturated rings. The predicted octanol–water partition coefficient (Wildman–Crippen LogP) is 2.12. The number of hydrogen-bond acceptors (Lipinski definition) is 4. The average Bonchev–Trinajstić information content (AvgIpc) is 2.44. The summed E-state index contributed by atoms with van der Waals surface area (Å²) in [6.07, 6.45) is 0.274. The fraction of sp³-hybridized carbons (Fsp3) is 0.467. The number of carbonyl (C=O) groups is 1. The van der Waals surface area contributed by atoms with Crippen LogP contribution in [0.1, 0.15) is 20.3 Å². The number of nitrogens with zero attached hydrogens (tertiary/aromatic N) is 1. The zero-order valence-electron chi connectivity index (χ0n) is 12.3. The van der Waals surface area contributed by atoms with Crippen molar-refractivity contribution in [1.29, 1.82) is 5.26 Å². The number of carbonyl (C=O) groups excluding carboxylic acids is 1. The van der Waals surface area contributed by atoms with E-state index in [0.29, 0.717) is 24.4 Å². The van der Waals surface area contributed by atoms with Crippen molar-refractivity contribution in [3.8, 4) is 11.8 Å². The molecule has 2 unspecified atom stereocenters. The van der Waals surface area contributed by atoms with Gasteiger partial charge in [0.05, 0.1) is 6.10 Å². The zero-order valence-corrected chi connectivity index (χ0v) is 12.3. The zero-order chi connectivity index (χ0) is 15.7. The third-order valence-corrected chi connectivity index (χ3v) is 2.77. The molecule has 1 rings (SSSR count). The summed E-state index contributed by atoms with van der Waals surface area (Å²) >= 11 is 0. The average molecular weight is 291 g/mol. The lowest BCUT2D eigenvalue weighted by Crippen LogP contribution is -2.33. The van der Waals surface area contributed by atoms with E-state index in [2.05, 4.69) is 10.6 Å². The van der Waals surface area contributed by atoms with Gasteiger partial charge in [-0.15, -0.1) is 0 Å². The molecule has 2 atom stereocenters. The Balaban J connectivity index is 2.36. The van der Waals surface area contributed by atoms with Crippen molar-refractivity contribution in [1.82, 2.24) is 5.32 Å². The molecule has 0 aliphatic rings. The van der Waals surface area contributed by atoms with Gasteiger partial charge < -0.3 is 20.5 Å². The van der Waals surface area contributed by atoms with E-state index in [1.165, 1.54) is 0 Å². The molecule has 0 saturated heterocycles. The Morgan fingerprint density at radius 3 is 2.62 bits per heavy atom. The maximum Gasteiger partial charge on any atom is 0.319 e. The molecule has 0 aliphatic carbocycles. The van der Waals surface area contributed by atoms with Crippen LogP contribution in [0.4, 0.5) is 10.5 Å². The maximum absolute atomic E-state index is 11.7. The van der Waals surface area contributed by atoms with Crippen molar-refractivity contribution < 1.29 is 14.6 Å².